The number of para-hydroxylation sites is 1. The number of carbonyl (C=O) groups excluding carboxylic acids is 5. The monoisotopic (exact) mass is 767 g/mol. The summed E-state index contributed by atoms with van der Waals surface area (Å²) in [6.07, 6.45) is 2.10. The number of amides is 3. The average Bonchev–Trinajstić information content (AvgIpc) is 3.92. The Morgan fingerprint density at radius 2 is 1.70 bits per heavy atom. The molecule has 1 unspecified atom stereocenters. The zero-order chi connectivity index (χ0) is 36.2. The molecule has 4 atom stereocenters. The molecule has 1 N–H and O–H groups in total. The molecule has 4 heterocycles. The van der Waals surface area contributed by atoms with Gasteiger partial charge in [0, 0.05) is 43.8 Å². The van der Waals surface area contributed by atoms with Gasteiger partial charge in [0.1, 0.15) is 29.6 Å². The molecule has 4 aliphatic rings. The summed E-state index contributed by atoms with van der Waals surface area (Å²) >= 11 is 1.09. The quantitative estimate of drug-likeness (QED) is 0.152. The van der Waals surface area contributed by atoms with Crippen LogP contribution in [0.5, 0.6) is 5.75 Å². The minimum Gasteiger partial charge on any atom is -0.548 e. The van der Waals surface area contributed by atoms with Crippen LogP contribution in [0, 0.1) is 5.82 Å². The Labute approximate surface area is 350 Å². The molecule has 1 aromatic heterocycles. The number of rotatable bonds is 10. The van der Waals surface area contributed by atoms with E-state index in [0.29, 0.717) is 11.3 Å². The van der Waals surface area contributed by atoms with E-state index < -0.39 is 68.9 Å². The second-order valence-electron chi connectivity index (χ2n) is 13.1. The molecular weight excluding hydrogens is 735 g/mol. The van der Waals surface area contributed by atoms with Crippen LogP contribution in [0.2, 0.25) is 0 Å². The number of piperazine rings is 1. The second kappa shape index (κ2) is 16.2. The molecule has 53 heavy (non-hydrogen) atoms. The fourth-order valence-corrected chi connectivity index (χ4v) is 8.51. The number of nitrogens with one attached hydrogen (secondary N) is 1. The van der Waals surface area contributed by atoms with Crippen molar-refractivity contribution < 1.29 is 107 Å². The Hall–Kier alpha value is -3.32. The molecule has 0 radical (unpaired) electrons. The molecule has 19 heteroatoms. The maximum absolute atomic E-state index is 15.4. The molecule has 3 amide bonds. The van der Waals surface area contributed by atoms with Crippen LogP contribution < -0.4 is 89.7 Å². The molecule has 3 saturated heterocycles. The summed E-state index contributed by atoms with van der Waals surface area (Å²) in [7, 11) is 0. The topological polar surface area (TPSA) is 194 Å². The molecule has 15 nitrogen and oxygen atoms in total. The number of β-lactam (4-membered cyclic amide) rings is 1. The van der Waals surface area contributed by atoms with E-state index in [4.69, 9.17) is 9.47 Å². The normalized spacial score (nSPS) is 23.2. The second-order valence-corrected chi connectivity index (χ2v) is 14.7. The van der Waals surface area contributed by atoms with Crippen LogP contribution in [-0.2, 0) is 19.1 Å². The van der Waals surface area contributed by atoms with Gasteiger partial charge in [-0.1, -0.05) is 18.2 Å². The number of nitrogens with zero attached hydrogens (tertiary/aromatic N) is 4. The maximum Gasteiger partial charge on any atom is 1.00 e. The molecule has 7 rings (SSSR count). The molecule has 0 bridgehead atoms. The van der Waals surface area contributed by atoms with E-state index in [0.717, 1.165) is 35.6 Å². The number of hydrogen-bond donors (Lipinski definition) is 1. The first-order valence-corrected chi connectivity index (χ1v) is 17.2. The summed E-state index contributed by atoms with van der Waals surface area (Å²) in [6.45, 7) is 1.50. The van der Waals surface area contributed by atoms with E-state index in [-0.39, 0.29) is 116 Å². The minimum absolute atomic E-state index is 0. The molecule has 1 saturated carbocycles. The number of halogens is 1. The van der Waals surface area contributed by atoms with Crippen molar-refractivity contribution in [1.29, 1.82) is 0 Å². The van der Waals surface area contributed by atoms with Crippen LogP contribution in [0.25, 0.3) is 10.9 Å². The van der Waals surface area contributed by atoms with Gasteiger partial charge in [-0.05, 0) is 44.0 Å². The Balaban J connectivity index is 0.00000271. The number of anilines is 1. The smallest absolute Gasteiger partial charge is 0.548 e. The fourth-order valence-electron chi connectivity index (χ4n) is 6.84. The summed E-state index contributed by atoms with van der Waals surface area (Å²) in [5.74, 6) is -4.57. The Bertz CT molecular complexity index is 2010. The van der Waals surface area contributed by atoms with E-state index in [1.54, 1.807) is 46.7 Å². The Morgan fingerprint density at radius 1 is 1.02 bits per heavy atom. The number of ether oxygens (including phenoxy) is 2. The van der Waals surface area contributed by atoms with Crippen LogP contribution in [0.1, 0.15) is 36.2 Å². The SMILES string of the molecule is CC1(COC(=O)N2CCN(c3cc4c(cc3F)c(=O)c(C(=O)[O-])cn4C3CC3)CC2)S[C@@H]2[C@H](NC(=O)COc3ccccc3)C(=O)N2[C@H]1C(=O)[O-].[Na+].[Na+]. The van der Waals surface area contributed by atoms with Gasteiger partial charge in [-0.2, -0.15) is 0 Å². The van der Waals surface area contributed by atoms with E-state index in [2.05, 4.69) is 5.32 Å². The van der Waals surface area contributed by atoms with E-state index >= 15 is 4.39 Å². The molecular formula is C34H32FN5Na2O10S. The zero-order valence-corrected chi connectivity index (χ0v) is 34.1. The number of aliphatic carboxylic acids is 1. The average molecular weight is 768 g/mol. The number of carboxylic acid groups (broad SMARTS) is 2. The summed E-state index contributed by atoms with van der Waals surface area (Å²) in [5, 5.41) is 25.6. The van der Waals surface area contributed by atoms with Crippen molar-refractivity contribution in [3.8, 4) is 5.75 Å². The number of thioether (sulfide) groups is 1. The number of fused-ring (bicyclic) bond motifs is 2. The van der Waals surface area contributed by atoms with Crippen molar-refractivity contribution in [2.24, 2.45) is 0 Å². The predicted molar refractivity (Wildman–Crippen MR) is 175 cm³/mol. The summed E-state index contributed by atoms with van der Waals surface area (Å²) in [4.78, 5) is 79.5. The number of aromatic nitrogens is 1. The predicted octanol–water partition coefficient (Wildman–Crippen LogP) is -6.54. The number of pyridine rings is 1. The van der Waals surface area contributed by atoms with Crippen LogP contribution >= 0.6 is 11.8 Å². The van der Waals surface area contributed by atoms with Crippen molar-refractivity contribution in [1.82, 2.24) is 19.7 Å². The third-order valence-electron chi connectivity index (χ3n) is 9.60. The van der Waals surface area contributed by atoms with Crippen LogP contribution in [0.4, 0.5) is 14.9 Å². The van der Waals surface area contributed by atoms with Crippen LogP contribution in [-0.4, -0.2) is 106 Å². The fraction of sp³-hybridized carbons (Fsp3) is 0.412. The van der Waals surface area contributed by atoms with E-state index in [1.165, 1.54) is 17.2 Å². The van der Waals surface area contributed by atoms with Crippen molar-refractivity contribution in [3.05, 3.63) is 70.3 Å². The van der Waals surface area contributed by atoms with Crippen LogP contribution in [0.3, 0.4) is 0 Å². The van der Waals surface area contributed by atoms with Gasteiger partial charge < -0.3 is 53.9 Å². The molecule has 3 aromatic rings. The van der Waals surface area contributed by atoms with Gasteiger partial charge in [0.15, 0.2) is 12.0 Å². The van der Waals surface area contributed by atoms with E-state index in [9.17, 15) is 39.0 Å². The molecule has 4 fully saturated rings. The van der Waals surface area contributed by atoms with Crippen molar-refractivity contribution in [3.63, 3.8) is 0 Å². The first-order chi connectivity index (χ1) is 24.4. The third-order valence-corrected chi connectivity index (χ3v) is 11.2. The molecule has 2 aromatic carbocycles. The first-order valence-electron chi connectivity index (χ1n) is 16.3. The largest absolute Gasteiger partial charge is 1.00 e. The van der Waals surface area contributed by atoms with Gasteiger partial charge in [-0.25, -0.2) is 9.18 Å². The van der Waals surface area contributed by atoms with Gasteiger partial charge in [0.05, 0.1) is 39.5 Å². The van der Waals surface area contributed by atoms with Crippen molar-refractivity contribution in [2.75, 3.05) is 44.3 Å². The summed E-state index contributed by atoms with van der Waals surface area (Å²) in [6, 6.07) is 8.74. The van der Waals surface area contributed by atoms with Crippen molar-refractivity contribution >= 4 is 58.2 Å². The minimum atomic E-state index is -1.63. The Kier molecular flexibility index (Phi) is 12.5. The number of aromatic carboxylic acids is 1. The van der Waals surface area contributed by atoms with Gasteiger partial charge in [-0.3, -0.25) is 14.4 Å². The van der Waals surface area contributed by atoms with Crippen LogP contribution in [0.15, 0.2) is 53.5 Å². The Morgan fingerprint density at radius 3 is 2.32 bits per heavy atom. The van der Waals surface area contributed by atoms with E-state index in [1.807, 2.05) is 0 Å². The van der Waals surface area contributed by atoms with Gasteiger partial charge >= 0.3 is 65.2 Å². The maximum atomic E-state index is 15.4. The zero-order valence-electron chi connectivity index (χ0n) is 29.2. The third kappa shape index (κ3) is 7.93. The van der Waals surface area contributed by atoms with Gasteiger partial charge in [0.25, 0.3) is 5.91 Å². The van der Waals surface area contributed by atoms with Gasteiger partial charge in [0.2, 0.25) is 5.91 Å². The standard InChI is InChI=1S/C34H34FN5O10S.2Na/c1-34(28(32(46)47)40-29(43)26(30(40)51-34)36-25(41)16-49-19-5-3-2-4-6-19)17-50-33(48)38-11-9-37(10-12-38)24-14-23-20(13-22(24)35)27(42)21(31(44)45)15-39(23)18-7-8-18;;/h2-6,13-15,18,26,28,30H,7-12,16-17H2,1H3,(H,36,41)(H,44,45)(H,46,47);;/q;2*+1/p-2/t26-,28+,30-,34?;;/m1../s1. The number of hydrogen-bond acceptors (Lipinski definition) is 12. The number of benzene rings is 2. The van der Waals surface area contributed by atoms with Gasteiger partial charge in [-0.15, -0.1) is 11.8 Å². The molecule has 3 aliphatic heterocycles. The molecule has 268 valence electrons. The summed E-state index contributed by atoms with van der Waals surface area (Å²) in [5.41, 5.74) is -0.754. The molecule has 1 aliphatic carbocycles. The van der Waals surface area contributed by atoms with Crippen molar-refractivity contribution in [2.45, 2.75) is 48.0 Å². The number of carboxylic acids is 2. The summed E-state index contributed by atoms with van der Waals surface area (Å²) < 4.78 is 26.8. The first kappa shape index (κ1) is 40.9. The molecule has 0 spiro atoms. The number of carbonyl (C=O) groups is 5.